The minimum atomic E-state index is -4.41. The second-order valence-corrected chi connectivity index (χ2v) is 10.5. The molecule has 0 spiro atoms. The van der Waals surface area contributed by atoms with Gasteiger partial charge < -0.3 is 5.11 Å². The van der Waals surface area contributed by atoms with E-state index < -0.39 is 17.7 Å². The van der Waals surface area contributed by atoms with Crippen LogP contribution in [0.2, 0.25) is 0 Å². The van der Waals surface area contributed by atoms with Crippen molar-refractivity contribution in [3.8, 4) is 0 Å². The molecule has 5 rings (SSSR count). The summed E-state index contributed by atoms with van der Waals surface area (Å²) in [5, 5.41) is 9.54. The van der Waals surface area contributed by atoms with Crippen LogP contribution < -0.4 is 0 Å². The van der Waals surface area contributed by atoms with Gasteiger partial charge in [0.15, 0.2) is 0 Å². The van der Waals surface area contributed by atoms with E-state index in [9.17, 15) is 27.5 Å². The molecule has 0 bridgehead atoms. The van der Waals surface area contributed by atoms with Crippen LogP contribution in [0.15, 0.2) is 72.3 Å². The molecule has 1 saturated heterocycles. The Kier molecular flexibility index (Phi) is 8.22. The standard InChI is InChI=1S/C33H31F4NO2/c34-16-2-17-38-18-15-23(21-38)19-22-5-7-25(8-6-22)31-29(24-9-12-28(13-10-24)33(35,36)37)4-1-3-26-20-27(32(39)40)11-14-30(26)31/h5-14,19-20H,1-4,15-18,21H2,(H,39,40). The summed E-state index contributed by atoms with van der Waals surface area (Å²) in [6.07, 6.45) is 1.34. The van der Waals surface area contributed by atoms with Crippen molar-refractivity contribution in [2.45, 2.75) is 38.3 Å². The summed E-state index contributed by atoms with van der Waals surface area (Å²) in [6.45, 7) is 2.23. The molecule has 1 N–H and O–H groups in total. The van der Waals surface area contributed by atoms with Gasteiger partial charge in [-0.2, -0.15) is 13.2 Å². The number of hydrogen-bond donors (Lipinski definition) is 1. The zero-order valence-corrected chi connectivity index (χ0v) is 22.1. The molecule has 0 saturated carbocycles. The summed E-state index contributed by atoms with van der Waals surface area (Å²) in [6, 6.07) is 18.6. The second kappa shape index (κ2) is 11.8. The smallest absolute Gasteiger partial charge is 0.416 e. The maximum absolute atomic E-state index is 13.2. The van der Waals surface area contributed by atoms with E-state index in [1.807, 2.05) is 30.3 Å². The lowest BCUT2D eigenvalue weighted by Crippen LogP contribution is -2.20. The van der Waals surface area contributed by atoms with Crippen molar-refractivity contribution in [3.63, 3.8) is 0 Å². The first kappa shape index (κ1) is 27.8. The predicted octanol–water partition coefficient (Wildman–Crippen LogP) is 8.15. The van der Waals surface area contributed by atoms with Gasteiger partial charge in [-0.3, -0.25) is 9.29 Å². The molecule has 1 aliphatic carbocycles. The molecular formula is C33H31F4NO2. The fraction of sp³-hybridized carbons (Fsp3) is 0.303. The number of carbonyl (C=O) groups is 1. The van der Waals surface area contributed by atoms with Crippen LogP contribution >= 0.6 is 0 Å². The number of aromatic carboxylic acids is 1. The molecule has 3 aromatic carbocycles. The molecule has 0 aromatic heterocycles. The van der Waals surface area contributed by atoms with Crippen LogP contribution in [0.5, 0.6) is 0 Å². The number of rotatable bonds is 7. The third-order valence-corrected chi connectivity index (χ3v) is 7.71. The molecule has 1 aliphatic heterocycles. The number of hydrogen-bond acceptors (Lipinski definition) is 2. The topological polar surface area (TPSA) is 40.5 Å². The number of alkyl halides is 4. The van der Waals surface area contributed by atoms with Gasteiger partial charge in [-0.05, 0) is 95.3 Å². The van der Waals surface area contributed by atoms with E-state index in [4.69, 9.17) is 0 Å². The van der Waals surface area contributed by atoms with E-state index in [1.165, 1.54) is 17.7 Å². The van der Waals surface area contributed by atoms with Gasteiger partial charge in [-0.1, -0.05) is 54.1 Å². The lowest BCUT2D eigenvalue weighted by atomic mass is 9.87. The molecule has 1 heterocycles. The number of nitrogens with zero attached hydrogens (tertiary/aromatic N) is 1. The van der Waals surface area contributed by atoms with Crippen LogP contribution in [-0.4, -0.2) is 42.3 Å². The summed E-state index contributed by atoms with van der Waals surface area (Å²) in [7, 11) is 0. The maximum atomic E-state index is 13.2. The third-order valence-electron chi connectivity index (χ3n) is 7.71. The molecule has 3 aromatic rings. The van der Waals surface area contributed by atoms with E-state index in [-0.39, 0.29) is 12.2 Å². The van der Waals surface area contributed by atoms with Crippen molar-refractivity contribution in [2.75, 3.05) is 26.3 Å². The van der Waals surface area contributed by atoms with Gasteiger partial charge in [0.1, 0.15) is 0 Å². The van der Waals surface area contributed by atoms with Crippen LogP contribution in [0.1, 0.15) is 69.4 Å². The van der Waals surface area contributed by atoms with Gasteiger partial charge in [-0.15, -0.1) is 0 Å². The Labute approximate surface area is 231 Å². The molecule has 1 fully saturated rings. The number of aryl methyl sites for hydroxylation is 1. The summed E-state index contributed by atoms with van der Waals surface area (Å²) >= 11 is 0. The number of likely N-dealkylation sites (tertiary alicyclic amines) is 1. The summed E-state index contributed by atoms with van der Waals surface area (Å²) in [4.78, 5) is 13.9. The van der Waals surface area contributed by atoms with Crippen molar-refractivity contribution in [1.82, 2.24) is 4.90 Å². The predicted molar refractivity (Wildman–Crippen MR) is 150 cm³/mol. The minimum Gasteiger partial charge on any atom is -0.478 e. The molecule has 208 valence electrons. The summed E-state index contributed by atoms with van der Waals surface area (Å²) in [5.41, 5.74) is 7.23. The molecule has 0 atom stereocenters. The number of carboxylic acids is 1. The van der Waals surface area contributed by atoms with Gasteiger partial charge >= 0.3 is 12.1 Å². The normalized spacial score (nSPS) is 17.2. The third kappa shape index (κ3) is 6.20. The lowest BCUT2D eigenvalue weighted by molar-refractivity contribution is -0.137. The van der Waals surface area contributed by atoms with E-state index in [0.717, 1.165) is 83.6 Å². The Morgan fingerprint density at radius 2 is 1.65 bits per heavy atom. The van der Waals surface area contributed by atoms with Gasteiger partial charge in [0.05, 0.1) is 17.8 Å². The highest BCUT2D eigenvalue weighted by Crippen LogP contribution is 2.41. The quantitative estimate of drug-likeness (QED) is 0.303. The van der Waals surface area contributed by atoms with Crippen molar-refractivity contribution in [1.29, 1.82) is 0 Å². The highest BCUT2D eigenvalue weighted by atomic mass is 19.4. The van der Waals surface area contributed by atoms with Gasteiger partial charge in [-0.25, -0.2) is 4.79 Å². The fourth-order valence-electron chi connectivity index (χ4n) is 5.72. The van der Waals surface area contributed by atoms with Gasteiger partial charge in [0, 0.05) is 19.6 Å². The second-order valence-electron chi connectivity index (χ2n) is 10.5. The number of fused-ring (bicyclic) bond motifs is 1. The van der Waals surface area contributed by atoms with Gasteiger partial charge in [0.2, 0.25) is 0 Å². The number of halogens is 4. The van der Waals surface area contributed by atoms with Crippen molar-refractivity contribution < 1.29 is 27.5 Å². The zero-order chi connectivity index (χ0) is 28.3. The molecule has 40 heavy (non-hydrogen) atoms. The molecule has 7 heteroatoms. The first-order chi connectivity index (χ1) is 19.2. The average molecular weight is 550 g/mol. The van der Waals surface area contributed by atoms with E-state index in [2.05, 4.69) is 11.0 Å². The number of allylic oxidation sites excluding steroid dienone is 1. The van der Waals surface area contributed by atoms with E-state index in [1.54, 1.807) is 12.1 Å². The van der Waals surface area contributed by atoms with E-state index in [0.29, 0.717) is 19.3 Å². The highest BCUT2D eigenvalue weighted by Gasteiger charge is 2.30. The van der Waals surface area contributed by atoms with E-state index >= 15 is 0 Å². The number of benzene rings is 3. The first-order valence-electron chi connectivity index (χ1n) is 13.6. The van der Waals surface area contributed by atoms with Gasteiger partial charge in [0.25, 0.3) is 0 Å². The number of carboxylic acid groups (broad SMARTS) is 1. The van der Waals surface area contributed by atoms with Crippen LogP contribution in [0.4, 0.5) is 17.6 Å². The SMILES string of the molecule is O=C(O)c1ccc2c(c1)CCCC(c1ccc(C(F)(F)F)cc1)=C2c1ccc(C=C2CCN(CCCF)C2)cc1. The van der Waals surface area contributed by atoms with Crippen molar-refractivity contribution in [2.24, 2.45) is 0 Å². The van der Waals surface area contributed by atoms with Crippen molar-refractivity contribution in [3.05, 3.63) is 111 Å². The van der Waals surface area contributed by atoms with Crippen LogP contribution in [0, 0.1) is 0 Å². The monoisotopic (exact) mass is 549 g/mol. The van der Waals surface area contributed by atoms with Crippen molar-refractivity contribution >= 4 is 23.2 Å². The summed E-state index contributed by atoms with van der Waals surface area (Å²) < 4.78 is 52.3. The minimum absolute atomic E-state index is 0.218. The largest absolute Gasteiger partial charge is 0.478 e. The molecule has 3 nitrogen and oxygen atoms in total. The Morgan fingerprint density at radius 3 is 2.33 bits per heavy atom. The average Bonchev–Trinajstić information content (AvgIpc) is 3.29. The molecule has 2 aliphatic rings. The van der Waals surface area contributed by atoms with Crippen LogP contribution in [0.3, 0.4) is 0 Å². The zero-order valence-electron chi connectivity index (χ0n) is 22.1. The highest BCUT2D eigenvalue weighted by molar-refractivity contribution is 6.00. The van der Waals surface area contributed by atoms with Crippen LogP contribution in [-0.2, 0) is 12.6 Å². The molecule has 0 unspecified atom stereocenters. The fourth-order valence-corrected chi connectivity index (χ4v) is 5.72. The Bertz CT molecular complexity index is 1440. The Morgan fingerprint density at radius 1 is 0.925 bits per heavy atom. The first-order valence-corrected chi connectivity index (χ1v) is 13.6. The molecular weight excluding hydrogens is 518 g/mol. The molecule has 0 radical (unpaired) electrons. The Balaban J connectivity index is 1.54. The summed E-state index contributed by atoms with van der Waals surface area (Å²) in [5.74, 6) is -0.992. The maximum Gasteiger partial charge on any atom is 0.416 e. The molecule has 0 amide bonds. The Hall–Kier alpha value is -3.71. The van der Waals surface area contributed by atoms with Crippen LogP contribution in [0.25, 0.3) is 17.2 Å². The lowest BCUT2D eigenvalue weighted by Gasteiger charge is -2.18.